The van der Waals surface area contributed by atoms with E-state index >= 15 is 0 Å². The van der Waals surface area contributed by atoms with Crippen LogP contribution in [0.15, 0.2) is 65.6 Å². The van der Waals surface area contributed by atoms with Gasteiger partial charge in [0.05, 0.1) is 10.8 Å². The number of carbonyl (C=O) groups is 2. The largest absolute Gasteiger partial charge is 0.354 e. The second-order valence-corrected chi connectivity index (χ2v) is 10.8. The lowest BCUT2D eigenvalue weighted by Gasteiger charge is -2.32. The summed E-state index contributed by atoms with van der Waals surface area (Å²) in [5.41, 5.74) is 0.944. The van der Waals surface area contributed by atoms with Gasteiger partial charge in [-0.05, 0) is 36.5 Å². The van der Waals surface area contributed by atoms with E-state index in [-0.39, 0.29) is 29.2 Å². The second kappa shape index (κ2) is 11.4. The van der Waals surface area contributed by atoms with Gasteiger partial charge in [0.25, 0.3) is 0 Å². The zero-order chi connectivity index (χ0) is 23.8. The number of amides is 2. The van der Waals surface area contributed by atoms with Crippen molar-refractivity contribution in [2.75, 3.05) is 19.6 Å². The molecule has 0 saturated carbocycles. The minimum atomic E-state index is -3.67. The Morgan fingerprint density at radius 1 is 1.03 bits per heavy atom. The molecule has 2 atom stereocenters. The maximum absolute atomic E-state index is 13.1. The van der Waals surface area contributed by atoms with Crippen LogP contribution in [0.5, 0.6) is 0 Å². The zero-order valence-corrected chi connectivity index (χ0v) is 20.1. The molecule has 2 aromatic rings. The average molecular weight is 472 g/mol. The predicted octanol–water partition coefficient (Wildman–Crippen LogP) is 2.59. The van der Waals surface area contributed by atoms with Crippen LogP contribution in [0, 0.1) is 11.8 Å². The summed E-state index contributed by atoms with van der Waals surface area (Å²) in [7, 11) is -3.67. The number of benzene rings is 2. The molecule has 3 rings (SSSR count). The van der Waals surface area contributed by atoms with Gasteiger partial charge < -0.3 is 10.6 Å². The molecule has 0 bridgehead atoms. The molecule has 0 radical (unpaired) electrons. The van der Waals surface area contributed by atoms with Crippen LogP contribution < -0.4 is 10.6 Å². The molecule has 2 N–H and O–H groups in total. The van der Waals surface area contributed by atoms with E-state index in [1.165, 1.54) is 4.31 Å². The first-order valence-corrected chi connectivity index (χ1v) is 12.9. The van der Waals surface area contributed by atoms with Crippen LogP contribution >= 0.6 is 0 Å². The summed E-state index contributed by atoms with van der Waals surface area (Å²) >= 11 is 0. The van der Waals surface area contributed by atoms with E-state index in [1.54, 1.807) is 30.3 Å². The summed E-state index contributed by atoms with van der Waals surface area (Å²) in [5.74, 6) is -0.736. The van der Waals surface area contributed by atoms with E-state index in [9.17, 15) is 18.0 Å². The Kier molecular flexibility index (Phi) is 8.63. The van der Waals surface area contributed by atoms with E-state index in [0.717, 1.165) is 5.56 Å². The Balaban J connectivity index is 1.70. The molecule has 1 saturated heterocycles. The van der Waals surface area contributed by atoms with Crippen molar-refractivity contribution in [3.05, 3.63) is 66.2 Å². The summed E-state index contributed by atoms with van der Waals surface area (Å²) in [6.45, 7) is 5.02. The molecular formula is C25H33N3O4S. The van der Waals surface area contributed by atoms with Gasteiger partial charge in [-0.1, -0.05) is 62.4 Å². The van der Waals surface area contributed by atoms with E-state index < -0.39 is 22.0 Å². The number of carbonyl (C=O) groups excluding carboxylic acids is 2. The number of piperidine rings is 1. The third-order valence-corrected chi connectivity index (χ3v) is 7.62. The van der Waals surface area contributed by atoms with Gasteiger partial charge in [0.1, 0.15) is 6.04 Å². The molecule has 33 heavy (non-hydrogen) atoms. The van der Waals surface area contributed by atoms with E-state index in [2.05, 4.69) is 10.6 Å². The molecule has 1 heterocycles. The van der Waals surface area contributed by atoms with Gasteiger partial charge in [-0.2, -0.15) is 4.31 Å². The Bertz CT molecular complexity index is 1030. The summed E-state index contributed by atoms with van der Waals surface area (Å²) in [5, 5.41) is 5.80. The quantitative estimate of drug-likeness (QED) is 0.588. The fourth-order valence-corrected chi connectivity index (χ4v) is 5.44. The van der Waals surface area contributed by atoms with Crippen molar-refractivity contribution in [1.82, 2.24) is 14.9 Å². The maximum Gasteiger partial charge on any atom is 0.243 e. The van der Waals surface area contributed by atoms with Crippen molar-refractivity contribution in [3.63, 3.8) is 0 Å². The third kappa shape index (κ3) is 6.88. The van der Waals surface area contributed by atoms with Crippen LogP contribution in [0.25, 0.3) is 0 Å². The summed E-state index contributed by atoms with van der Waals surface area (Å²) in [6.07, 6.45) is 1.54. The normalized spacial score (nSPS) is 18.0. The van der Waals surface area contributed by atoms with Crippen LogP contribution in [-0.2, 0) is 26.0 Å². The highest BCUT2D eigenvalue weighted by Gasteiger charge is 2.34. The lowest BCUT2D eigenvalue weighted by Crippen LogP contribution is -2.52. The molecule has 1 unspecified atom stereocenters. The monoisotopic (exact) mass is 471 g/mol. The SMILES string of the molecule is CC(C)CNC(=O)[C@H](Cc1ccccc1)NC(=O)C1CCCN(S(=O)(=O)c2ccccc2)C1. The van der Waals surface area contributed by atoms with Gasteiger partial charge in [-0.3, -0.25) is 9.59 Å². The van der Waals surface area contributed by atoms with Gasteiger partial charge in [-0.25, -0.2) is 8.42 Å². The Morgan fingerprint density at radius 2 is 1.67 bits per heavy atom. The zero-order valence-electron chi connectivity index (χ0n) is 19.2. The number of hydrogen-bond acceptors (Lipinski definition) is 4. The van der Waals surface area contributed by atoms with Crippen LogP contribution in [0.4, 0.5) is 0 Å². The summed E-state index contributed by atoms with van der Waals surface area (Å²) < 4.78 is 27.4. The fourth-order valence-electron chi connectivity index (χ4n) is 3.89. The summed E-state index contributed by atoms with van der Waals surface area (Å²) in [4.78, 5) is 26.2. The van der Waals surface area contributed by atoms with Crippen LogP contribution in [0.3, 0.4) is 0 Å². The highest BCUT2D eigenvalue weighted by molar-refractivity contribution is 7.89. The van der Waals surface area contributed by atoms with Crippen molar-refractivity contribution in [2.45, 2.75) is 44.0 Å². The molecule has 2 amide bonds. The molecule has 1 aliphatic rings. The minimum Gasteiger partial charge on any atom is -0.354 e. The van der Waals surface area contributed by atoms with Crippen LogP contribution in [-0.4, -0.2) is 50.2 Å². The number of nitrogens with zero attached hydrogens (tertiary/aromatic N) is 1. The Labute approximate surface area is 196 Å². The molecular weight excluding hydrogens is 438 g/mol. The average Bonchev–Trinajstić information content (AvgIpc) is 2.83. The standard InChI is InChI=1S/C25H33N3O4S/c1-19(2)17-26-25(30)23(16-20-10-5-3-6-11-20)27-24(29)21-12-9-15-28(18-21)33(31,32)22-13-7-4-8-14-22/h3-8,10-11,13-14,19,21,23H,9,12,15-18H2,1-2H3,(H,26,30)(H,27,29)/t21?,23-/m0/s1. The molecule has 178 valence electrons. The van der Waals surface area contributed by atoms with Gasteiger partial charge >= 0.3 is 0 Å². The van der Waals surface area contributed by atoms with Crippen LogP contribution in [0.2, 0.25) is 0 Å². The topological polar surface area (TPSA) is 95.6 Å². The van der Waals surface area contributed by atoms with Crippen LogP contribution in [0.1, 0.15) is 32.3 Å². The predicted molar refractivity (Wildman–Crippen MR) is 128 cm³/mol. The van der Waals surface area contributed by atoms with Crippen molar-refractivity contribution >= 4 is 21.8 Å². The molecule has 0 aliphatic carbocycles. The van der Waals surface area contributed by atoms with Crippen molar-refractivity contribution < 1.29 is 18.0 Å². The molecule has 8 heteroatoms. The number of nitrogens with one attached hydrogen (secondary N) is 2. The fraction of sp³-hybridized carbons (Fsp3) is 0.440. The molecule has 1 aliphatic heterocycles. The van der Waals surface area contributed by atoms with E-state index in [4.69, 9.17) is 0 Å². The van der Waals surface area contributed by atoms with Gasteiger partial charge in [0.2, 0.25) is 21.8 Å². The lowest BCUT2D eigenvalue weighted by atomic mass is 9.97. The molecule has 7 nitrogen and oxygen atoms in total. The van der Waals surface area contributed by atoms with Gasteiger partial charge in [0, 0.05) is 26.1 Å². The molecule has 0 spiro atoms. The first kappa shape index (κ1) is 24.9. The lowest BCUT2D eigenvalue weighted by molar-refractivity contribution is -0.131. The Hall–Kier alpha value is -2.71. The first-order chi connectivity index (χ1) is 15.8. The number of sulfonamides is 1. The Morgan fingerprint density at radius 3 is 2.30 bits per heavy atom. The second-order valence-electron chi connectivity index (χ2n) is 8.91. The number of hydrogen-bond donors (Lipinski definition) is 2. The third-order valence-electron chi connectivity index (χ3n) is 5.74. The summed E-state index contributed by atoms with van der Waals surface area (Å²) in [6, 6.07) is 17.1. The van der Waals surface area contributed by atoms with E-state index in [0.29, 0.717) is 32.4 Å². The maximum atomic E-state index is 13.1. The smallest absolute Gasteiger partial charge is 0.243 e. The highest BCUT2D eigenvalue weighted by atomic mass is 32.2. The van der Waals surface area contributed by atoms with Gasteiger partial charge in [-0.15, -0.1) is 0 Å². The molecule has 1 fully saturated rings. The molecule has 0 aromatic heterocycles. The van der Waals surface area contributed by atoms with Crippen molar-refractivity contribution in [3.8, 4) is 0 Å². The molecule has 2 aromatic carbocycles. The first-order valence-electron chi connectivity index (χ1n) is 11.4. The highest BCUT2D eigenvalue weighted by Crippen LogP contribution is 2.24. The number of rotatable bonds is 9. The van der Waals surface area contributed by atoms with Crippen molar-refractivity contribution in [2.24, 2.45) is 11.8 Å². The van der Waals surface area contributed by atoms with Crippen molar-refractivity contribution in [1.29, 1.82) is 0 Å². The van der Waals surface area contributed by atoms with E-state index in [1.807, 2.05) is 44.2 Å². The van der Waals surface area contributed by atoms with Gasteiger partial charge in [0.15, 0.2) is 0 Å². The minimum absolute atomic E-state index is 0.106.